The quantitative estimate of drug-likeness (QED) is 0.0216. The second kappa shape index (κ2) is 21.9. The first-order valence-corrected chi connectivity index (χ1v) is 22.6. The summed E-state index contributed by atoms with van der Waals surface area (Å²) in [6, 6.07) is 49.7. The van der Waals surface area contributed by atoms with Gasteiger partial charge in [-0.1, -0.05) is 167 Å². The van der Waals surface area contributed by atoms with Crippen molar-refractivity contribution in [2.75, 3.05) is 13.7 Å². The van der Waals surface area contributed by atoms with Crippen LogP contribution in [0.4, 0.5) is 0 Å². The van der Waals surface area contributed by atoms with E-state index in [2.05, 4.69) is 5.16 Å². The largest absolute Gasteiger partial charge is 0.459 e. The summed E-state index contributed by atoms with van der Waals surface area (Å²) in [7, 11) is -3.79. The van der Waals surface area contributed by atoms with Crippen LogP contribution in [0.25, 0.3) is 33.4 Å². The van der Waals surface area contributed by atoms with Crippen molar-refractivity contribution in [3.63, 3.8) is 0 Å². The molecule has 0 heterocycles. The van der Waals surface area contributed by atoms with E-state index in [1.807, 2.05) is 91.0 Å². The predicted molar refractivity (Wildman–Crippen MR) is 253 cm³/mol. The zero-order chi connectivity index (χ0) is 46.6. The molecule has 0 amide bonds. The van der Waals surface area contributed by atoms with Crippen molar-refractivity contribution in [2.24, 2.45) is 5.16 Å². The molecule has 7 rings (SSSR count). The topological polar surface area (TPSA) is 144 Å². The third-order valence-corrected chi connectivity index (χ3v) is 12.6. The minimum Gasteiger partial charge on any atom is -0.459 e. The van der Waals surface area contributed by atoms with Gasteiger partial charge in [-0.25, -0.2) is 14.4 Å². The first-order valence-electron chi connectivity index (χ1n) is 20.1. The average Bonchev–Trinajstić information content (AvgIpc) is 3.35. The summed E-state index contributed by atoms with van der Waals surface area (Å²) < 4.78 is 51.9. The fourth-order valence-corrected chi connectivity index (χ4v) is 8.71. The molecule has 15 heteroatoms. The molecule has 0 aromatic heterocycles. The van der Waals surface area contributed by atoms with Crippen molar-refractivity contribution < 1.29 is 46.0 Å². The van der Waals surface area contributed by atoms with E-state index in [1.54, 1.807) is 36.4 Å². The fraction of sp³-hybridized carbons (Fsp3) is 0.0980. The fourth-order valence-electron chi connectivity index (χ4n) is 6.66. The standard InChI is InChI=1S/C51H38Cl3NO10S/c1-61-55-31-45(63-50(57)40-25-19-37(20-26-40)34-13-7-3-8-14-34)48(64-51(58)41-27-21-38(22-28-41)35-15-9-4-10-16-35)46(65-66(59,60)47-30-43(53)42(52)29-44(47)54)32-62-49(56)39-23-17-36(18-24-39)33-11-5-2-6-12-33/h2-31,45-46,48H,32H2,1H3/b55-31-/t45-,46-,48+/m0/s1. The smallest absolute Gasteiger partial charge is 0.338 e. The number of hydrogen-bond donors (Lipinski definition) is 0. The Labute approximate surface area is 396 Å². The number of hydrogen-bond acceptors (Lipinski definition) is 11. The molecule has 11 nitrogen and oxygen atoms in total. The van der Waals surface area contributed by atoms with Crippen LogP contribution in [0.5, 0.6) is 0 Å². The highest BCUT2D eigenvalue weighted by Gasteiger charge is 2.41. The van der Waals surface area contributed by atoms with Crippen LogP contribution < -0.4 is 0 Å². The van der Waals surface area contributed by atoms with Crippen molar-refractivity contribution in [1.82, 2.24) is 0 Å². The van der Waals surface area contributed by atoms with E-state index in [9.17, 15) is 22.8 Å². The van der Waals surface area contributed by atoms with E-state index in [0.29, 0.717) is 0 Å². The van der Waals surface area contributed by atoms with Gasteiger partial charge in [0, 0.05) is 0 Å². The van der Waals surface area contributed by atoms with Gasteiger partial charge in [0.15, 0.2) is 18.3 Å². The average molecular weight is 963 g/mol. The van der Waals surface area contributed by atoms with E-state index in [1.165, 1.54) is 43.5 Å². The van der Waals surface area contributed by atoms with E-state index < -0.39 is 57.8 Å². The van der Waals surface area contributed by atoms with Gasteiger partial charge in [0.25, 0.3) is 10.1 Å². The second-order valence-corrected chi connectivity index (χ2v) is 17.2. The highest BCUT2D eigenvalue weighted by atomic mass is 35.5. The van der Waals surface area contributed by atoms with Gasteiger partial charge in [-0.2, -0.15) is 8.42 Å². The Hall–Kier alpha value is -6.80. The number of carbonyl (C=O) groups excluding carboxylic acids is 3. The minimum atomic E-state index is -5.00. The zero-order valence-electron chi connectivity index (χ0n) is 34.8. The highest BCUT2D eigenvalue weighted by Crippen LogP contribution is 2.34. The summed E-state index contributed by atoms with van der Waals surface area (Å²) in [5.74, 6) is -2.83. The monoisotopic (exact) mass is 961 g/mol. The van der Waals surface area contributed by atoms with Crippen molar-refractivity contribution in [3.8, 4) is 33.4 Å². The van der Waals surface area contributed by atoms with Crippen LogP contribution in [-0.4, -0.2) is 64.6 Å². The third kappa shape index (κ3) is 11.9. The van der Waals surface area contributed by atoms with Crippen LogP contribution >= 0.6 is 34.8 Å². The summed E-state index contributed by atoms with van der Waals surface area (Å²) in [6.07, 6.45) is -4.68. The summed E-state index contributed by atoms with van der Waals surface area (Å²) in [5, 5.41) is 3.22. The summed E-state index contributed by atoms with van der Waals surface area (Å²) in [5.41, 5.74) is 5.29. The lowest BCUT2D eigenvalue weighted by atomic mass is 10.0. The molecule has 3 atom stereocenters. The Morgan fingerprint density at radius 3 is 1.36 bits per heavy atom. The van der Waals surface area contributed by atoms with Crippen molar-refractivity contribution >= 4 is 69.0 Å². The first kappa shape index (κ1) is 47.2. The lowest BCUT2D eigenvalue weighted by Gasteiger charge is -2.30. The molecule has 7 aromatic carbocycles. The molecular formula is C51H38Cl3NO10S. The van der Waals surface area contributed by atoms with E-state index in [0.717, 1.165) is 51.7 Å². The number of rotatable bonds is 17. The SMILES string of the molecule is CO/N=C\[C@H](OC(=O)c1ccc(-c2ccccc2)cc1)[C@@H](OC(=O)c1ccc(-c2ccccc2)cc1)[C@H](COC(=O)c1ccc(-c2ccccc2)cc1)OS(=O)(=O)c1cc(Cl)c(Cl)cc1Cl. The van der Waals surface area contributed by atoms with Crippen molar-refractivity contribution in [1.29, 1.82) is 0 Å². The summed E-state index contributed by atoms with van der Waals surface area (Å²) >= 11 is 18.7. The number of esters is 3. The molecular weight excluding hydrogens is 925 g/mol. The number of halogens is 3. The summed E-state index contributed by atoms with van der Waals surface area (Å²) in [6.45, 7) is -0.900. The molecule has 0 fully saturated rings. The van der Waals surface area contributed by atoms with Crippen LogP contribution in [0, 0.1) is 0 Å². The van der Waals surface area contributed by atoms with Crippen LogP contribution in [-0.2, 0) is 33.3 Å². The van der Waals surface area contributed by atoms with E-state index in [4.69, 9.17) is 58.0 Å². The molecule has 0 aliphatic carbocycles. The van der Waals surface area contributed by atoms with Gasteiger partial charge < -0.3 is 19.0 Å². The maximum Gasteiger partial charge on any atom is 0.338 e. The number of nitrogens with zero attached hydrogens (tertiary/aromatic N) is 1. The number of ether oxygens (including phenoxy) is 3. The van der Waals surface area contributed by atoms with E-state index in [-0.39, 0.29) is 31.8 Å². The van der Waals surface area contributed by atoms with Crippen molar-refractivity contribution in [3.05, 3.63) is 208 Å². The van der Waals surface area contributed by atoms with Gasteiger partial charge in [0.2, 0.25) is 0 Å². The van der Waals surface area contributed by atoms with Gasteiger partial charge >= 0.3 is 17.9 Å². The lowest BCUT2D eigenvalue weighted by molar-refractivity contribution is -0.0685. The maximum atomic E-state index is 14.2. The molecule has 0 aliphatic heterocycles. The predicted octanol–water partition coefficient (Wildman–Crippen LogP) is 11.7. The number of benzene rings is 7. The molecule has 0 saturated heterocycles. The Kier molecular flexibility index (Phi) is 15.7. The number of oxime groups is 1. The Morgan fingerprint density at radius 2 is 0.924 bits per heavy atom. The molecule has 0 saturated carbocycles. The Bertz CT molecular complexity index is 2920. The lowest BCUT2D eigenvalue weighted by Crippen LogP contribution is -2.48. The van der Waals surface area contributed by atoms with Gasteiger partial charge in [-0.3, -0.25) is 4.18 Å². The van der Waals surface area contributed by atoms with Gasteiger partial charge in [-0.15, -0.1) is 0 Å². The molecule has 0 unspecified atom stereocenters. The van der Waals surface area contributed by atoms with E-state index >= 15 is 0 Å². The molecule has 0 spiro atoms. The summed E-state index contributed by atoms with van der Waals surface area (Å²) in [4.78, 5) is 46.2. The van der Waals surface area contributed by atoms with Crippen LogP contribution in [0.1, 0.15) is 31.1 Å². The minimum absolute atomic E-state index is 0.0228. The molecule has 7 aromatic rings. The second-order valence-electron chi connectivity index (χ2n) is 14.4. The number of carbonyl (C=O) groups is 3. The zero-order valence-corrected chi connectivity index (χ0v) is 37.9. The van der Waals surface area contributed by atoms with Gasteiger partial charge in [0.05, 0.1) is 38.0 Å². The Morgan fingerprint density at radius 1 is 0.530 bits per heavy atom. The van der Waals surface area contributed by atoms with Gasteiger partial charge in [0.1, 0.15) is 18.6 Å². The molecule has 66 heavy (non-hydrogen) atoms. The molecule has 0 N–H and O–H groups in total. The molecule has 0 radical (unpaired) electrons. The maximum absolute atomic E-state index is 14.2. The Balaban J connectivity index is 1.26. The molecule has 334 valence electrons. The molecule has 0 bridgehead atoms. The highest BCUT2D eigenvalue weighted by molar-refractivity contribution is 7.87. The normalized spacial score (nSPS) is 12.7. The first-order chi connectivity index (χ1) is 31.9. The van der Waals surface area contributed by atoms with Crippen LogP contribution in [0.3, 0.4) is 0 Å². The van der Waals surface area contributed by atoms with Crippen LogP contribution in [0.15, 0.2) is 186 Å². The van der Waals surface area contributed by atoms with Crippen molar-refractivity contribution in [2.45, 2.75) is 23.2 Å². The van der Waals surface area contributed by atoms with Crippen LogP contribution in [0.2, 0.25) is 15.1 Å². The third-order valence-electron chi connectivity index (χ3n) is 10.0. The molecule has 0 aliphatic rings. The van der Waals surface area contributed by atoms with Gasteiger partial charge in [-0.05, 0) is 81.9 Å².